The number of halogens is 1. The summed E-state index contributed by atoms with van der Waals surface area (Å²) in [6.45, 7) is 1.77. The number of pyridine rings is 1. The van der Waals surface area contributed by atoms with Crippen LogP contribution in [0, 0.1) is 5.82 Å². The zero-order valence-corrected chi connectivity index (χ0v) is 13.7. The monoisotopic (exact) mass is 328 g/mol. The van der Waals surface area contributed by atoms with Crippen molar-refractivity contribution in [1.29, 1.82) is 0 Å². The van der Waals surface area contributed by atoms with Gasteiger partial charge in [0.15, 0.2) is 0 Å². The number of benzene rings is 3. The molecule has 2 heterocycles. The molecule has 0 aliphatic carbocycles. The fourth-order valence-corrected chi connectivity index (χ4v) is 3.89. The molecule has 0 fully saturated rings. The van der Waals surface area contributed by atoms with Crippen LogP contribution in [0.15, 0.2) is 60.7 Å². The van der Waals surface area contributed by atoms with Crippen molar-refractivity contribution in [2.24, 2.45) is 0 Å². The summed E-state index contributed by atoms with van der Waals surface area (Å²) in [6.07, 6.45) is 0.983. The lowest BCUT2D eigenvalue weighted by Gasteiger charge is -2.23. The van der Waals surface area contributed by atoms with Crippen LogP contribution in [0.4, 0.5) is 4.39 Å². The minimum atomic E-state index is -0.220. The van der Waals surface area contributed by atoms with Crippen LogP contribution in [-0.4, -0.2) is 11.5 Å². The van der Waals surface area contributed by atoms with E-state index in [1.807, 2.05) is 12.1 Å². The molecule has 122 valence electrons. The maximum atomic E-state index is 13.3. The Morgan fingerprint density at radius 3 is 2.60 bits per heavy atom. The van der Waals surface area contributed by atoms with Crippen LogP contribution in [0.25, 0.3) is 32.9 Å². The maximum Gasteiger partial charge on any atom is 0.123 e. The van der Waals surface area contributed by atoms with Crippen LogP contribution < -0.4 is 5.32 Å². The molecule has 25 heavy (non-hydrogen) atoms. The summed E-state index contributed by atoms with van der Waals surface area (Å²) in [6, 6.07) is 19.4. The maximum absolute atomic E-state index is 13.3. The summed E-state index contributed by atoms with van der Waals surface area (Å²) in [5.41, 5.74) is 5.56. The molecule has 4 aromatic rings. The highest BCUT2D eigenvalue weighted by molar-refractivity contribution is 6.09. The molecule has 0 radical (unpaired) electrons. The van der Waals surface area contributed by atoms with Gasteiger partial charge in [-0.3, -0.25) is 0 Å². The van der Waals surface area contributed by atoms with Gasteiger partial charge in [-0.2, -0.15) is 0 Å². The van der Waals surface area contributed by atoms with Crippen LogP contribution in [0.3, 0.4) is 0 Å². The summed E-state index contributed by atoms with van der Waals surface area (Å²) in [5.74, 6) is -0.220. The minimum absolute atomic E-state index is 0.220. The van der Waals surface area contributed by atoms with Crippen molar-refractivity contribution < 1.29 is 4.39 Å². The number of aromatic nitrogens is 1. The molecule has 0 unspecified atom stereocenters. The SMILES string of the molecule is Fc1ccc(-c2nc3ccc4ccccc4c3c3c2CNCC3)cc1. The summed E-state index contributed by atoms with van der Waals surface area (Å²) in [5, 5.41) is 7.23. The Labute approximate surface area is 145 Å². The molecule has 0 amide bonds. The van der Waals surface area contributed by atoms with E-state index in [2.05, 4.69) is 41.7 Å². The fraction of sp³-hybridized carbons (Fsp3) is 0.136. The third-order valence-electron chi connectivity index (χ3n) is 5.06. The van der Waals surface area contributed by atoms with Gasteiger partial charge in [0.1, 0.15) is 5.82 Å². The van der Waals surface area contributed by atoms with E-state index in [1.165, 1.54) is 39.4 Å². The Morgan fingerprint density at radius 1 is 0.880 bits per heavy atom. The molecule has 0 atom stereocenters. The standard InChI is InChI=1S/C22H17FN2/c23-16-8-5-15(6-9-16)22-19-13-24-12-11-18(19)21-17-4-2-1-3-14(17)7-10-20(21)25-22/h1-10,24H,11-13H2. The Morgan fingerprint density at radius 2 is 1.72 bits per heavy atom. The molecule has 3 aromatic carbocycles. The van der Waals surface area contributed by atoms with E-state index in [0.29, 0.717) is 0 Å². The fourth-order valence-electron chi connectivity index (χ4n) is 3.89. The first-order valence-corrected chi connectivity index (χ1v) is 8.61. The molecule has 0 saturated heterocycles. The van der Waals surface area contributed by atoms with E-state index in [4.69, 9.17) is 4.98 Å². The van der Waals surface area contributed by atoms with Crippen molar-refractivity contribution in [3.05, 3.63) is 77.6 Å². The molecule has 2 nitrogen and oxygen atoms in total. The van der Waals surface area contributed by atoms with Crippen LogP contribution >= 0.6 is 0 Å². The Hall–Kier alpha value is -2.78. The van der Waals surface area contributed by atoms with Gasteiger partial charge in [0.2, 0.25) is 0 Å². The van der Waals surface area contributed by atoms with E-state index in [9.17, 15) is 4.39 Å². The quantitative estimate of drug-likeness (QED) is 0.506. The molecule has 0 bridgehead atoms. The van der Waals surface area contributed by atoms with Crippen LogP contribution in [0.1, 0.15) is 11.1 Å². The second-order valence-corrected chi connectivity index (χ2v) is 6.53. The van der Waals surface area contributed by atoms with Gasteiger partial charge in [0, 0.05) is 17.5 Å². The predicted octanol–water partition coefficient (Wildman–Crippen LogP) is 4.84. The van der Waals surface area contributed by atoms with Gasteiger partial charge in [-0.05, 0) is 65.2 Å². The van der Waals surface area contributed by atoms with Gasteiger partial charge < -0.3 is 5.32 Å². The largest absolute Gasteiger partial charge is 0.312 e. The summed E-state index contributed by atoms with van der Waals surface area (Å²) in [7, 11) is 0. The van der Waals surface area contributed by atoms with Gasteiger partial charge in [-0.1, -0.05) is 30.3 Å². The highest BCUT2D eigenvalue weighted by Gasteiger charge is 2.20. The topological polar surface area (TPSA) is 24.9 Å². The van der Waals surface area contributed by atoms with Crippen molar-refractivity contribution in [2.75, 3.05) is 6.54 Å². The van der Waals surface area contributed by atoms with Crippen LogP contribution in [-0.2, 0) is 13.0 Å². The zero-order chi connectivity index (χ0) is 16.8. The van der Waals surface area contributed by atoms with Crippen molar-refractivity contribution >= 4 is 21.7 Å². The van der Waals surface area contributed by atoms with Crippen molar-refractivity contribution in [3.63, 3.8) is 0 Å². The van der Waals surface area contributed by atoms with Crippen molar-refractivity contribution in [2.45, 2.75) is 13.0 Å². The van der Waals surface area contributed by atoms with Gasteiger partial charge >= 0.3 is 0 Å². The van der Waals surface area contributed by atoms with E-state index >= 15 is 0 Å². The first-order valence-electron chi connectivity index (χ1n) is 8.61. The van der Waals surface area contributed by atoms with E-state index in [0.717, 1.165) is 36.3 Å². The molecule has 1 N–H and O–H groups in total. The molecule has 0 spiro atoms. The highest BCUT2D eigenvalue weighted by atomic mass is 19.1. The van der Waals surface area contributed by atoms with Crippen LogP contribution in [0.5, 0.6) is 0 Å². The third-order valence-corrected chi connectivity index (χ3v) is 5.06. The first-order chi connectivity index (χ1) is 12.3. The Bertz CT molecular complexity index is 1100. The average molecular weight is 328 g/mol. The van der Waals surface area contributed by atoms with E-state index in [-0.39, 0.29) is 5.82 Å². The number of rotatable bonds is 1. The smallest absolute Gasteiger partial charge is 0.123 e. The van der Waals surface area contributed by atoms with Gasteiger partial charge in [-0.25, -0.2) is 9.37 Å². The Kier molecular flexibility index (Phi) is 3.28. The summed E-state index contributed by atoms with van der Waals surface area (Å²) < 4.78 is 13.3. The average Bonchev–Trinajstić information content (AvgIpc) is 2.67. The van der Waals surface area contributed by atoms with Gasteiger partial charge in [0.05, 0.1) is 11.2 Å². The molecule has 3 heteroatoms. The summed E-state index contributed by atoms with van der Waals surface area (Å²) >= 11 is 0. The lowest BCUT2D eigenvalue weighted by molar-refractivity contribution is 0.628. The second-order valence-electron chi connectivity index (χ2n) is 6.53. The number of fused-ring (bicyclic) bond motifs is 5. The highest BCUT2D eigenvalue weighted by Crippen LogP contribution is 2.35. The lowest BCUT2D eigenvalue weighted by Crippen LogP contribution is -2.25. The second kappa shape index (κ2) is 5.64. The van der Waals surface area contributed by atoms with Gasteiger partial charge in [-0.15, -0.1) is 0 Å². The van der Waals surface area contributed by atoms with E-state index < -0.39 is 0 Å². The third kappa shape index (κ3) is 2.31. The molecular formula is C22H17FN2. The molecule has 1 aliphatic rings. The normalized spacial score (nSPS) is 14.0. The number of nitrogens with one attached hydrogen (secondary N) is 1. The molecule has 1 aromatic heterocycles. The predicted molar refractivity (Wildman–Crippen MR) is 100 cm³/mol. The molecule has 5 rings (SSSR count). The molecule has 1 aliphatic heterocycles. The minimum Gasteiger partial charge on any atom is -0.312 e. The molecular weight excluding hydrogens is 311 g/mol. The number of nitrogens with zero attached hydrogens (tertiary/aromatic N) is 1. The number of hydrogen-bond donors (Lipinski definition) is 1. The number of hydrogen-bond acceptors (Lipinski definition) is 2. The van der Waals surface area contributed by atoms with E-state index in [1.54, 1.807) is 0 Å². The summed E-state index contributed by atoms with van der Waals surface area (Å²) in [4.78, 5) is 4.98. The zero-order valence-electron chi connectivity index (χ0n) is 13.7. The van der Waals surface area contributed by atoms with Gasteiger partial charge in [0.25, 0.3) is 0 Å². The molecule has 0 saturated carbocycles. The first kappa shape index (κ1) is 14.6. The van der Waals surface area contributed by atoms with Crippen LogP contribution in [0.2, 0.25) is 0 Å². The Balaban J connectivity index is 1.89. The van der Waals surface area contributed by atoms with Crippen molar-refractivity contribution in [1.82, 2.24) is 10.3 Å². The lowest BCUT2D eigenvalue weighted by atomic mass is 9.90. The van der Waals surface area contributed by atoms with Crippen molar-refractivity contribution in [3.8, 4) is 11.3 Å².